The van der Waals surface area contributed by atoms with Crippen molar-refractivity contribution in [1.82, 2.24) is 53.8 Å². The van der Waals surface area contributed by atoms with Crippen molar-refractivity contribution in [3.63, 3.8) is 0 Å². The Hall–Kier alpha value is -14.0. The maximum Gasteiger partial charge on any atom is 0.488 e. The van der Waals surface area contributed by atoms with E-state index in [4.69, 9.17) is 65.8 Å². The number of benzene rings is 7. The average molecular weight is 1730 g/mol. The summed E-state index contributed by atoms with van der Waals surface area (Å²) >= 11 is 17.3. The van der Waals surface area contributed by atoms with Gasteiger partial charge in [0.25, 0.3) is 16.7 Å². The fourth-order valence-corrected chi connectivity index (χ4v) is 13.0. The van der Waals surface area contributed by atoms with Crippen LogP contribution in [-0.4, -0.2) is 143 Å². The molecule has 9 aromatic heterocycles. The Labute approximate surface area is 739 Å². The van der Waals surface area contributed by atoms with Crippen molar-refractivity contribution in [3.05, 3.63) is 374 Å². The summed E-state index contributed by atoms with van der Waals surface area (Å²) in [5.41, 5.74) is 21.1. The van der Waals surface area contributed by atoms with Crippen LogP contribution in [0.5, 0.6) is 11.5 Å². The molecule has 0 fully saturated rings. The lowest BCUT2D eigenvalue weighted by Gasteiger charge is -2.18. The van der Waals surface area contributed by atoms with Gasteiger partial charge in [-0.05, 0) is 133 Å². The van der Waals surface area contributed by atoms with Crippen molar-refractivity contribution in [2.24, 2.45) is 0 Å². The van der Waals surface area contributed by atoms with Gasteiger partial charge in [-0.25, -0.2) is 29.9 Å². The highest BCUT2D eigenvalue weighted by Gasteiger charge is 2.18. The Kier molecular flexibility index (Phi) is 36.2. The molecule has 0 aliphatic rings. The van der Waals surface area contributed by atoms with Crippen LogP contribution >= 0.6 is 34.8 Å². The van der Waals surface area contributed by atoms with Gasteiger partial charge < -0.3 is 55.8 Å². The van der Waals surface area contributed by atoms with Gasteiger partial charge in [0.2, 0.25) is 0 Å². The van der Waals surface area contributed by atoms with Crippen LogP contribution in [0.1, 0.15) is 43.6 Å². The van der Waals surface area contributed by atoms with Crippen LogP contribution in [0, 0.1) is 0 Å². The Balaban J connectivity index is 0.000000163. The van der Waals surface area contributed by atoms with Gasteiger partial charge in [-0.2, -0.15) is 0 Å². The molecule has 0 atom stereocenters. The van der Waals surface area contributed by atoms with E-state index in [-0.39, 0.29) is 22.6 Å². The number of nitrogens with zero attached hydrogens (tertiary/aromatic N) is 10. The molecule has 125 heavy (non-hydrogen) atoms. The summed E-state index contributed by atoms with van der Waals surface area (Å²) in [6.07, 6.45) is 10.8. The van der Waals surface area contributed by atoms with Crippen LogP contribution in [0.2, 0.25) is 15.5 Å². The van der Waals surface area contributed by atoms with E-state index < -0.39 is 7.12 Å². The lowest BCUT2D eigenvalue weighted by atomic mass is 9.81. The van der Waals surface area contributed by atoms with Gasteiger partial charge in [0, 0.05) is 99.9 Å². The topological polar surface area (TPSA) is 327 Å². The van der Waals surface area contributed by atoms with Crippen LogP contribution in [0.3, 0.4) is 0 Å². The lowest BCUT2D eigenvalue weighted by Crippen LogP contribution is -2.29. The van der Waals surface area contributed by atoms with Crippen LogP contribution in [0.4, 0.5) is 23.1 Å². The first-order valence-corrected chi connectivity index (χ1v) is 41.2. The third-order valence-electron chi connectivity index (χ3n) is 19.2. The standard InChI is InChI=1S/C31H31N5O2.C20H13ClN2O.C14H9ClN2O.C11H19N3O.C9H10O2.C6H7BO2.C6H5ClN2O/c1-3-35(4-2)17-18-38-26-15-16-29(33-22-26)34-30-20-28-24(21-32-30)19-27(23-11-7-5-8-12-23)31(37)36(28)25-13-9-6-10-14-25;21-19-12-18-15(13-22-19)11-17(14-7-3-1-4-8-14)20(24)23(18)16-9-5-2-6-10-16;15-13-7-12-10(8-16-13)6-11(14(18)17-12)9-4-2-1-3-5-9;1-3-14(4-2)7-8-15-10-5-6-11(12)13-9-10;1-11-9(10)7-8-5-3-2-4-6-8;8-7(9)6-4-2-1-3-5-6;7-6-1-5(8)4(3-10)2-9-6/h5-16,19-22H,3-4,17-18H2,1-2H3,(H,32,33,34);1-13H;1-8H,(H,17,18);5-6,9H,3-4,7-8H2,1-2H3,(H2,12,13);2-6H,7H2,1H3;1-5,8-9H;1-3H,(H2,8,9). The summed E-state index contributed by atoms with van der Waals surface area (Å²) in [5, 5.41) is 24.0. The average Bonchev–Trinajstić information content (AvgIpc) is 0.766. The summed E-state index contributed by atoms with van der Waals surface area (Å²) in [7, 11) is 0.0526. The summed E-state index contributed by atoms with van der Waals surface area (Å²) in [6.45, 7) is 15.8. The van der Waals surface area contributed by atoms with E-state index in [1.165, 1.54) is 19.4 Å². The predicted molar refractivity (Wildman–Crippen MR) is 504 cm³/mol. The van der Waals surface area contributed by atoms with E-state index >= 15 is 0 Å². The van der Waals surface area contributed by atoms with Gasteiger partial charge in [0.15, 0.2) is 6.29 Å². The Morgan fingerprint density at radius 2 is 0.888 bits per heavy atom. The maximum absolute atomic E-state index is 13.8. The number of aromatic nitrogens is 9. The maximum atomic E-state index is 13.8. The molecular formula is C97H94BCl3N14O10. The van der Waals surface area contributed by atoms with Gasteiger partial charge in [0.1, 0.15) is 57.6 Å². The Bertz CT molecular complexity index is 6260. The van der Waals surface area contributed by atoms with Crippen LogP contribution in [0.15, 0.2) is 331 Å². The number of para-hydroxylation sites is 2. The second kappa shape index (κ2) is 48.6. The third kappa shape index (κ3) is 28.0. The molecule has 0 radical (unpaired) electrons. The molecule has 0 spiro atoms. The fourth-order valence-electron chi connectivity index (χ4n) is 12.5. The van der Waals surface area contributed by atoms with Crippen LogP contribution in [-0.2, 0) is 16.0 Å². The fraction of sp³-hybridized carbons (Fsp3) is 0.144. The van der Waals surface area contributed by atoms with Crippen LogP contribution in [0.25, 0.3) is 77.5 Å². The minimum atomic E-state index is -1.34. The van der Waals surface area contributed by atoms with E-state index in [9.17, 15) is 24.0 Å². The number of anilines is 4. The van der Waals surface area contributed by atoms with Crippen LogP contribution < -0.4 is 48.4 Å². The van der Waals surface area contributed by atoms with E-state index in [1.807, 2.05) is 231 Å². The first-order valence-electron chi connectivity index (χ1n) is 40.0. The molecule has 7 aromatic carbocycles. The molecule has 8 N–H and O–H groups in total. The highest BCUT2D eigenvalue weighted by atomic mass is 35.5. The number of H-pyrrole nitrogens is 1. The zero-order chi connectivity index (χ0) is 88.8. The highest BCUT2D eigenvalue weighted by Crippen LogP contribution is 2.29. The number of methoxy groups -OCH3 is 1. The largest absolute Gasteiger partial charge is 0.491 e. The SMILES string of the molecule is CCN(CC)CCOc1ccc(N)nc1.CCN(CC)CCOc1ccc(Nc2cc3c(cn2)cc(-c2ccccc2)c(=O)n3-c2ccccc2)nc1.COC(=O)Cc1ccccc1.Nc1cc(Cl)ncc1C=O.O=c1[nH]c2cc(Cl)ncc2cc1-c1ccccc1.O=c1c(-c2ccccc2)cc2cnc(Cl)cc2n1-c1ccccc1.OB(O)c1ccccc1. The number of carbonyl (C=O) groups is 2. The molecule has 28 heteroatoms. The molecule has 0 amide bonds. The number of nitrogen functional groups attached to an aromatic ring is 2. The molecular weight excluding hydrogens is 1640 g/mol. The number of fused-ring (bicyclic) bond motifs is 3. The molecule has 0 unspecified atom stereocenters. The van der Waals surface area contributed by atoms with E-state index in [0.717, 1.165) is 112 Å². The number of halogens is 3. The van der Waals surface area contributed by atoms with E-state index in [1.54, 1.807) is 82.6 Å². The lowest BCUT2D eigenvalue weighted by molar-refractivity contribution is -0.139. The minimum absolute atomic E-state index is 0.0813. The van der Waals surface area contributed by atoms with E-state index in [0.29, 0.717) is 97.8 Å². The second-order valence-electron chi connectivity index (χ2n) is 27.4. The Morgan fingerprint density at radius 1 is 0.472 bits per heavy atom. The molecule has 16 aromatic rings. The smallest absolute Gasteiger partial charge is 0.488 e. The number of aldehydes is 1. The van der Waals surface area contributed by atoms with Crippen molar-refractivity contribution in [2.75, 3.05) is 76.4 Å². The van der Waals surface area contributed by atoms with Gasteiger partial charge in [-0.15, -0.1) is 0 Å². The number of hydrogen-bond donors (Lipinski definition) is 6. The minimum Gasteiger partial charge on any atom is -0.491 e. The number of carbonyl (C=O) groups excluding carboxylic acids is 2. The normalized spacial score (nSPS) is 10.5. The van der Waals surface area contributed by atoms with Gasteiger partial charge in [0.05, 0.1) is 48.0 Å². The van der Waals surface area contributed by atoms with Gasteiger partial charge >= 0.3 is 13.1 Å². The molecule has 24 nitrogen and oxygen atoms in total. The number of pyridine rings is 9. The second-order valence-corrected chi connectivity index (χ2v) is 28.6. The van der Waals surface area contributed by atoms with Gasteiger partial charge in [-0.1, -0.05) is 251 Å². The quantitative estimate of drug-likeness (QED) is 0.0150. The third-order valence-corrected chi connectivity index (χ3v) is 19.8. The summed E-state index contributed by atoms with van der Waals surface area (Å²) in [4.78, 5) is 92.2. The summed E-state index contributed by atoms with van der Waals surface area (Å²) in [5.74, 6) is 3.05. The molecule has 16 rings (SSSR count). The zero-order valence-corrected chi connectivity index (χ0v) is 71.7. The van der Waals surface area contributed by atoms with Crippen molar-refractivity contribution < 1.29 is 33.8 Å². The molecule has 0 saturated carbocycles. The predicted octanol–water partition coefficient (Wildman–Crippen LogP) is 17.1. The van der Waals surface area contributed by atoms with Crippen molar-refractivity contribution in [1.29, 1.82) is 0 Å². The number of rotatable bonds is 23. The first-order chi connectivity index (χ1) is 60.8. The molecule has 0 aliphatic heterocycles. The molecule has 0 bridgehead atoms. The van der Waals surface area contributed by atoms with E-state index in [2.05, 4.69) is 82.4 Å². The summed E-state index contributed by atoms with van der Waals surface area (Å²) < 4.78 is 19.3. The van der Waals surface area contributed by atoms with Crippen molar-refractivity contribution in [3.8, 4) is 56.3 Å². The molecule has 0 saturated heterocycles. The first kappa shape index (κ1) is 93.3. The number of esters is 1. The number of nitrogens with two attached hydrogens (primary N) is 2. The highest BCUT2D eigenvalue weighted by molar-refractivity contribution is 6.58. The number of likely N-dealkylation sites (N-methyl/N-ethyl adjacent to an activating group) is 2. The number of ether oxygens (including phenoxy) is 3. The molecule has 9 heterocycles. The van der Waals surface area contributed by atoms with Crippen molar-refractivity contribution >= 4 is 115 Å². The monoisotopic (exact) mass is 1730 g/mol. The Morgan fingerprint density at radius 3 is 1.34 bits per heavy atom. The molecule has 636 valence electrons. The summed E-state index contributed by atoms with van der Waals surface area (Å²) in [6, 6.07) is 85.9. The van der Waals surface area contributed by atoms with Crippen molar-refractivity contribution in [2.45, 2.75) is 34.1 Å². The molecule has 0 aliphatic carbocycles. The number of hydrogen-bond acceptors (Lipinski definition) is 21. The zero-order valence-electron chi connectivity index (χ0n) is 69.5. The number of nitrogens with one attached hydrogen (secondary N) is 2. The van der Waals surface area contributed by atoms with Gasteiger partial charge in [-0.3, -0.25) is 33.1 Å². The number of aromatic amines is 1.